The average molecular weight is 297 g/mol. The minimum absolute atomic E-state index is 0.125. The Labute approximate surface area is 124 Å². The molecule has 20 heavy (non-hydrogen) atoms. The van der Waals surface area contributed by atoms with E-state index in [0.29, 0.717) is 17.3 Å². The van der Waals surface area contributed by atoms with Crippen LogP contribution in [0.4, 0.5) is 0 Å². The van der Waals surface area contributed by atoms with Crippen LogP contribution in [0.3, 0.4) is 0 Å². The molecule has 4 nitrogen and oxygen atoms in total. The average Bonchev–Trinajstić information content (AvgIpc) is 2.37. The van der Waals surface area contributed by atoms with Gasteiger partial charge in [-0.25, -0.2) is 4.98 Å². The number of amides is 1. The van der Waals surface area contributed by atoms with Gasteiger partial charge in [-0.1, -0.05) is 25.4 Å². The first-order valence-electron chi connectivity index (χ1n) is 6.96. The van der Waals surface area contributed by atoms with E-state index in [4.69, 9.17) is 16.3 Å². The number of nitrogens with one attached hydrogen (secondary N) is 1. The summed E-state index contributed by atoms with van der Waals surface area (Å²) < 4.78 is 5.49. The minimum atomic E-state index is -0.173. The highest BCUT2D eigenvalue weighted by atomic mass is 35.5. The minimum Gasteiger partial charge on any atom is -0.376 e. The van der Waals surface area contributed by atoms with Gasteiger partial charge in [0, 0.05) is 24.9 Å². The van der Waals surface area contributed by atoms with Gasteiger partial charge in [0.1, 0.15) is 5.15 Å². The van der Waals surface area contributed by atoms with Crippen molar-refractivity contribution in [1.82, 2.24) is 10.3 Å². The van der Waals surface area contributed by atoms with Crippen LogP contribution in [0.15, 0.2) is 12.1 Å². The van der Waals surface area contributed by atoms with E-state index in [1.54, 1.807) is 19.2 Å². The highest BCUT2D eigenvalue weighted by Gasteiger charge is 2.37. The Morgan fingerprint density at radius 2 is 2.20 bits per heavy atom. The molecule has 2 rings (SSSR count). The van der Waals surface area contributed by atoms with Gasteiger partial charge in [-0.3, -0.25) is 4.79 Å². The molecule has 1 aromatic rings. The highest BCUT2D eigenvalue weighted by molar-refractivity contribution is 6.29. The maximum atomic E-state index is 12.2. The third kappa shape index (κ3) is 3.30. The second-order valence-corrected chi connectivity index (χ2v) is 6.07. The first-order chi connectivity index (χ1) is 9.46. The normalized spacial score (nSPS) is 16.9. The maximum absolute atomic E-state index is 12.2. The van der Waals surface area contributed by atoms with Crippen molar-refractivity contribution < 1.29 is 9.53 Å². The van der Waals surface area contributed by atoms with Gasteiger partial charge < -0.3 is 10.1 Å². The zero-order valence-corrected chi connectivity index (χ0v) is 13.0. The van der Waals surface area contributed by atoms with Gasteiger partial charge in [-0.2, -0.15) is 0 Å². The van der Waals surface area contributed by atoms with Crippen molar-refractivity contribution in [3.8, 4) is 0 Å². The number of carbonyl (C=O) groups excluding carboxylic acids is 1. The standard InChI is InChI=1S/C15H21ClN2O2/c1-10(2)12-7-11(8-13(16)18-12)14(19)17-9-15(20-3)5-4-6-15/h7-8,10H,4-6,9H2,1-3H3,(H,17,19). The van der Waals surface area contributed by atoms with Crippen molar-refractivity contribution >= 4 is 17.5 Å². The quantitative estimate of drug-likeness (QED) is 0.849. The monoisotopic (exact) mass is 296 g/mol. The lowest BCUT2D eigenvalue weighted by Gasteiger charge is -2.40. The number of pyridine rings is 1. The van der Waals surface area contributed by atoms with Gasteiger partial charge in [0.05, 0.1) is 5.60 Å². The molecule has 5 heteroatoms. The number of hydrogen-bond donors (Lipinski definition) is 1. The molecule has 1 heterocycles. The van der Waals surface area contributed by atoms with Crippen LogP contribution < -0.4 is 5.32 Å². The van der Waals surface area contributed by atoms with Crippen molar-refractivity contribution in [1.29, 1.82) is 0 Å². The lowest BCUT2D eigenvalue weighted by Crippen LogP contribution is -2.49. The molecule has 0 saturated heterocycles. The van der Waals surface area contributed by atoms with E-state index in [9.17, 15) is 4.79 Å². The molecule has 0 aliphatic heterocycles. The van der Waals surface area contributed by atoms with Crippen LogP contribution in [0.25, 0.3) is 0 Å². The molecule has 0 atom stereocenters. The fourth-order valence-corrected chi connectivity index (χ4v) is 2.53. The van der Waals surface area contributed by atoms with Crippen LogP contribution in [0.2, 0.25) is 5.15 Å². The van der Waals surface area contributed by atoms with E-state index in [0.717, 1.165) is 25.0 Å². The summed E-state index contributed by atoms with van der Waals surface area (Å²) >= 11 is 5.98. The zero-order valence-electron chi connectivity index (χ0n) is 12.2. The molecule has 0 spiro atoms. The Morgan fingerprint density at radius 3 is 2.70 bits per heavy atom. The molecular weight excluding hydrogens is 276 g/mol. The van der Waals surface area contributed by atoms with Gasteiger partial charge in [-0.05, 0) is 37.3 Å². The summed E-state index contributed by atoms with van der Waals surface area (Å²) in [5.41, 5.74) is 1.21. The number of ether oxygens (including phenoxy) is 1. The highest BCUT2D eigenvalue weighted by Crippen LogP contribution is 2.34. The van der Waals surface area contributed by atoms with E-state index >= 15 is 0 Å². The van der Waals surface area contributed by atoms with Crippen molar-refractivity contribution in [2.75, 3.05) is 13.7 Å². The fraction of sp³-hybridized carbons (Fsp3) is 0.600. The first-order valence-corrected chi connectivity index (χ1v) is 7.34. The Kier molecular flexibility index (Phi) is 4.66. The molecule has 1 amide bonds. The Morgan fingerprint density at radius 1 is 1.50 bits per heavy atom. The SMILES string of the molecule is COC1(CNC(=O)c2cc(Cl)nc(C(C)C)c2)CCC1. The van der Waals surface area contributed by atoms with E-state index in [-0.39, 0.29) is 17.4 Å². The molecule has 1 aliphatic carbocycles. The van der Waals surface area contributed by atoms with E-state index < -0.39 is 0 Å². The zero-order chi connectivity index (χ0) is 14.8. The number of aromatic nitrogens is 1. The molecule has 0 radical (unpaired) electrons. The Hall–Kier alpha value is -1.13. The van der Waals surface area contributed by atoms with Crippen molar-refractivity contribution in [3.63, 3.8) is 0 Å². The molecule has 1 N–H and O–H groups in total. The van der Waals surface area contributed by atoms with Gasteiger partial charge >= 0.3 is 0 Å². The Balaban J connectivity index is 2.05. The Bertz CT molecular complexity index is 493. The van der Waals surface area contributed by atoms with Crippen LogP contribution in [0.1, 0.15) is 55.1 Å². The molecule has 0 bridgehead atoms. The molecule has 110 valence electrons. The summed E-state index contributed by atoms with van der Waals surface area (Å²) in [6, 6.07) is 3.40. The molecule has 0 aromatic carbocycles. The van der Waals surface area contributed by atoms with Gasteiger partial charge in [0.15, 0.2) is 0 Å². The number of halogens is 1. The molecule has 1 saturated carbocycles. The molecule has 1 fully saturated rings. The van der Waals surface area contributed by atoms with Crippen LogP contribution in [0, 0.1) is 0 Å². The summed E-state index contributed by atoms with van der Waals surface area (Å²) in [5.74, 6) is 0.108. The van der Waals surface area contributed by atoms with Crippen LogP contribution in [-0.2, 0) is 4.74 Å². The van der Waals surface area contributed by atoms with E-state index in [2.05, 4.69) is 10.3 Å². The third-order valence-electron chi connectivity index (χ3n) is 3.94. The summed E-state index contributed by atoms with van der Waals surface area (Å²) in [6.45, 7) is 4.59. The van der Waals surface area contributed by atoms with Crippen LogP contribution in [-0.4, -0.2) is 30.1 Å². The number of rotatable bonds is 5. The van der Waals surface area contributed by atoms with Gasteiger partial charge in [0.2, 0.25) is 0 Å². The number of methoxy groups -OCH3 is 1. The lowest BCUT2D eigenvalue weighted by molar-refractivity contribution is -0.0679. The van der Waals surface area contributed by atoms with Crippen LogP contribution >= 0.6 is 11.6 Å². The summed E-state index contributed by atoms with van der Waals surface area (Å²) in [4.78, 5) is 16.5. The summed E-state index contributed by atoms with van der Waals surface area (Å²) in [6.07, 6.45) is 3.15. The lowest BCUT2D eigenvalue weighted by atomic mass is 9.80. The number of hydrogen-bond acceptors (Lipinski definition) is 3. The second kappa shape index (κ2) is 6.10. The maximum Gasteiger partial charge on any atom is 0.251 e. The van der Waals surface area contributed by atoms with E-state index in [1.165, 1.54) is 0 Å². The number of carbonyl (C=O) groups is 1. The summed E-state index contributed by atoms with van der Waals surface area (Å²) in [7, 11) is 1.70. The van der Waals surface area contributed by atoms with Gasteiger partial charge in [0.25, 0.3) is 5.91 Å². The predicted octanol–water partition coefficient (Wildman–Crippen LogP) is 3.16. The molecule has 0 unspecified atom stereocenters. The van der Waals surface area contributed by atoms with Crippen molar-refractivity contribution in [2.45, 2.75) is 44.6 Å². The first kappa shape index (κ1) is 15.3. The molecule has 1 aliphatic rings. The fourth-order valence-electron chi connectivity index (χ4n) is 2.31. The van der Waals surface area contributed by atoms with Gasteiger partial charge in [-0.15, -0.1) is 0 Å². The summed E-state index contributed by atoms with van der Waals surface area (Å²) in [5, 5.41) is 3.29. The largest absolute Gasteiger partial charge is 0.376 e. The topological polar surface area (TPSA) is 51.2 Å². The smallest absolute Gasteiger partial charge is 0.251 e. The van der Waals surface area contributed by atoms with Crippen LogP contribution in [0.5, 0.6) is 0 Å². The van der Waals surface area contributed by atoms with Crippen molar-refractivity contribution in [2.24, 2.45) is 0 Å². The molecule has 1 aromatic heterocycles. The molecular formula is C15H21ClN2O2. The predicted molar refractivity (Wildman–Crippen MR) is 79.3 cm³/mol. The van der Waals surface area contributed by atoms with E-state index in [1.807, 2.05) is 13.8 Å². The second-order valence-electron chi connectivity index (χ2n) is 5.68. The number of nitrogens with zero attached hydrogens (tertiary/aromatic N) is 1. The van der Waals surface area contributed by atoms with Crippen molar-refractivity contribution in [3.05, 3.63) is 28.5 Å². The third-order valence-corrected chi connectivity index (χ3v) is 4.13.